The molecule has 0 saturated heterocycles. The summed E-state index contributed by atoms with van der Waals surface area (Å²) in [5, 5.41) is 2.94. The first-order valence-corrected chi connectivity index (χ1v) is 8.27. The zero-order valence-corrected chi connectivity index (χ0v) is 14.3. The van der Waals surface area contributed by atoms with Crippen LogP contribution in [0.4, 0.5) is 4.39 Å². The fraction of sp³-hybridized carbons (Fsp3) is 0.556. The van der Waals surface area contributed by atoms with E-state index in [2.05, 4.69) is 12.2 Å². The number of carbonyl (C=O) groups excluding carboxylic acids is 2. The maximum atomic E-state index is 13.6. The second-order valence-corrected chi connectivity index (χ2v) is 6.27. The number of hydrogen-bond donors (Lipinski definition) is 1. The third kappa shape index (κ3) is 4.46. The van der Waals surface area contributed by atoms with E-state index in [4.69, 9.17) is 9.47 Å². The highest BCUT2D eigenvalue weighted by molar-refractivity contribution is 5.92. The highest BCUT2D eigenvalue weighted by Crippen LogP contribution is 2.24. The Kier molecular flexibility index (Phi) is 6.17. The Morgan fingerprint density at radius 3 is 2.62 bits per heavy atom. The van der Waals surface area contributed by atoms with Gasteiger partial charge in [0.1, 0.15) is 0 Å². The smallest absolute Gasteiger partial charge is 0.339 e. The molecule has 2 rings (SSSR count). The SMILES string of the molecule is COc1ccc(C(=O)O[C@H](C)C(=O)N[C@@H]2CCCC[C@@H]2C)cc1F. The van der Waals surface area contributed by atoms with Crippen LogP contribution in [0.15, 0.2) is 18.2 Å². The van der Waals surface area contributed by atoms with E-state index in [1.165, 1.54) is 32.6 Å². The molecule has 1 saturated carbocycles. The first kappa shape index (κ1) is 18.2. The van der Waals surface area contributed by atoms with Crippen LogP contribution in [0, 0.1) is 11.7 Å². The number of nitrogens with one attached hydrogen (secondary N) is 1. The van der Waals surface area contributed by atoms with Crippen molar-refractivity contribution >= 4 is 11.9 Å². The largest absolute Gasteiger partial charge is 0.494 e. The van der Waals surface area contributed by atoms with Gasteiger partial charge in [0, 0.05) is 6.04 Å². The predicted octanol–water partition coefficient (Wildman–Crippen LogP) is 3.07. The molecule has 3 atom stereocenters. The number of halogens is 1. The van der Waals surface area contributed by atoms with E-state index >= 15 is 0 Å². The zero-order valence-electron chi connectivity index (χ0n) is 14.3. The quantitative estimate of drug-likeness (QED) is 0.839. The number of rotatable bonds is 5. The third-order valence-corrected chi connectivity index (χ3v) is 4.48. The Balaban J connectivity index is 1.92. The maximum absolute atomic E-state index is 13.6. The molecule has 6 heteroatoms. The van der Waals surface area contributed by atoms with Crippen molar-refractivity contribution < 1.29 is 23.5 Å². The molecule has 1 amide bonds. The molecule has 0 radical (unpaired) electrons. The van der Waals surface area contributed by atoms with Gasteiger partial charge in [-0.2, -0.15) is 0 Å². The second-order valence-electron chi connectivity index (χ2n) is 6.27. The van der Waals surface area contributed by atoms with Crippen molar-refractivity contribution in [3.8, 4) is 5.75 Å². The summed E-state index contributed by atoms with van der Waals surface area (Å²) >= 11 is 0. The molecule has 0 aromatic heterocycles. The highest BCUT2D eigenvalue weighted by atomic mass is 19.1. The first-order valence-electron chi connectivity index (χ1n) is 8.27. The summed E-state index contributed by atoms with van der Waals surface area (Å²) in [6, 6.07) is 3.90. The fourth-order valence-electron chi connectivity index (χ4n) is 2.91. The summed E-state index contributed by atoms with van der Waals surface area (Å²) in [5.74, 6) is -1.25. The number of esters is 1. The lowest BCUT2D eigenvalue weighted by molar-refractivity contribution is -0.130. The molecule has 132 valence electrons. The molecule has 5 nitrogen and oxygen atoms in total. The van der Waals surface area contributed by atoms with Crippen LogP contribution in [0.5, 0.6) is 5.75 Å². The average molecular weight is 337 g/mol. The molecule has 1 fully saturated rings. The van der Waals surface area contributed by atoms with Crippen LogP contribution in [0.2, 0.25) is 0 Å². The molecule has 1 N–H and O–H groups in total. The summed E-state index contributed by atoms with van der Waals surface area (Å²) in [5.41, 5.74) is 0.0407. The summed E-state index contributed by atoms with van der Waals surface area (Å²) in [4.78, 5) is 24.3. The molecule has 1 aliphatic carbocycles. The van der Waals surface area contributed by atoms with Crippen LogP contribution in [0.1, 0.15) is 49.9 Å². The Morgan fingerprint density at radius 2 is 2.00 bits per heavy atom. The molecule has 1 aliphatic rings. The Hall–Kier alpha value is -2.11. The van der Waals surface area contributed by atoms with Gasteiger partial charge in [-0.3, -0.25) is 4.79 Å². The van der Waals surface area contributed by atoms with Crippen LogP contribution in [-0.4, -0.2) is 31.1 Å². The van der Waals surface area contributed by atoms with E-state index in [-0.39, 0.29) is 23.3 Å². The average Bonchev–Trinajstić information content (AvgIpc) is 2.56. The first-order chi connectivity index (χ1) is 11.4. The molecule has 1 aromatic rings. The Labute approximate surface area is 141 Å². The van der Waals surface area contributed by atoms with Gasteiger partial charge in [-0.05, 0) is 43.9 Å². The summed E-state index contributed by atoms with van der Waals surface area (Å²) in [6.45, 7) is 3.63. The molecule has 0 heterocycles. The van der Waals surface area contributed by atoms with Gasteiger partial charge in [0.05, 0.1) is 12.7 Å². The molecule has 0 spiro atoms. The van der Waals surface area contributed by atoms with E-state index in [9.17, 15) is 14.0 Å². The lowest BCUT2D eigenvalue weighted by Gasteiger charge is -2.30. The van der Waals surface area contributed by atoms with Gasteiger partial charge in [-0.25, -0.2) is 9.18 Å². The van der Waals surface area contributed by atoms with Crippen LogP contribution >= 0.6 is 0 Å². The van der Waals surface area contributed by atoms with Crippen molar-refractivity contribution in [1.82, 2.24) is 5.32 Å². The van der Waals surface area contributed by atoms with Crippen LogP contribution in [-0.2, 0) is 9.53 Å². The standard InChI is InChI=1S/C18H24FNO4/c1-11-6-4-5-7-15(11)20-17(21)12(2)24-18(22)13-8-9-16(23-3)14(19)10-13/h8-12,15H,4-7H2,1-3H3,(H,20,21)/t11-,12+,15+/m0/s1. The minimum Gasteiger partial charge on any atom is -0.494 e. The van der Waals surface area contributed by atoms with E-state index in [0.717, 1.165) is 25.3 Å². The van der Waals surface area contributed by atoms with Crippen LogP contribution < -0.4 is 10.1 Å². The van der Waals surface area contributed by atoms with Gasteiger partial charge in [-0.15, -0.1) is 0 Å². The van der Waals surface area contributed by atoms with Crippen molar-refractivity contribution in [2.24, 2.45) is 5.92 Å². The third-order valence-electron chi connectivity index (χ3n) is 4.48. The highest BCUT2D eigenvalue weighted by Gasteiger charge is 2.26. The number of hydrogen-bond acceptors (Lipinski definition) is 4. The van der Waals surface area contributed by atoms with Gasteiger partial charge in [0.25, 0.3) is 5.91 Å². The monoisotopic (exact) mass is 337 g/mol. The van der Waals surface area contributed by atoms with Crippen molar-refractivity contribution in [3.63, 3.8) is 0 Å². The van der Waals surface area contributed by atoms with Gasteiger partial charge < -0.3 is 14.8 Å². The van der Waals surface area contributed by atoms with Crippen molar-refractivity contribution in [3.05, 3.63) is 29.6 Å². The Morgan fingerprint density at radius 1 is 1.29 bits per heavy atom. The summed E-state index contributed by atoms with van der Waals surface area (Å²) in [7, 11) is 1.34. The Bertz CT molecular complexity index is 605. The minimum absolute atomic E-state index is 0.0407. The second kappa shape index (κ2) is 8.13. The van der Waals surface area contributed by atoms with E-state index in [1.54, 1.807) is 0 Å². The topological polar surface area (TPSA) is 64.6 Å². The van der Waals surface area contributed by atoms with Gasteiger partial charge in [0.2, 0.25) is 0 Å². The predicted molar refractivity (Wildman–Crippen MR) is 87.4 cm³/mol. The lowest BCUT2D eigenvalue weighted by atomic mass is 9.86. The molecular formula is C18H24FNO4. The fourth-order valence-corrected chi connectivity index (χ4v) is 2.91. The van der Waals surface area contributed by atoms with Crippen molar-refractivity contribution in [1.29, 1.82) is 0 Å². The molecule has 0 aliphatic heterocycles. The number of benzene rings is 1. The lowest BCUT2D eigenvalue weighted by Crippen LogP contribution is -2.46. The van der Waals surface area contributed by atoms with E-state index in [1.807, 2.05) is 0 Å². The maximum Gasteiger partial charge on any atom is 0.339 e. The molecule has 0 unspecified atom stereocenters. The van der Waals surface area contributed by atoms with E-state index < -0.39 is 17.9 Å². The van der Waals surface area contributed by atoms with Gasteiger partial charge in [-0.1, -0.05) is 19.8 Å². The molecule has 1 aromatic carbocycles. The molecule has 0 bridgehead atoms. The summed E-state index contributed by atoms with van der Waals surface area (Å²) in [6.07, 6.45) is 3.37. The molecule has 24 heavy (non-hydrogen) atoms. The van der Waals surface area contributed by atoms with Crippen molar-refractivity contribution in [2.75, 3.05) is 7.11 Å². The zero-order chi connectivity index (χ0) is 17.7. The van der Waals surface area contributed by atoms with Crippen molar-refractivity contribution in [2.45, 2.75) is 51.7 Å². The van der Waals surface area contributed by atoms with Gasteiger partial charge in [0.15, 0.2) is 17.7 Å². The number of carbonyl (C=O) groups is 2. The van der Waals surface area contributed by atoms with E-state index in [0.29, 0.717) is 5.92 Å². The van der Waals surface area contributed by atoms with Crippen LogP contribution in [0.3, 0.4) is 0 Å². The number of amides is 1. The number of methoxy groups -OCH3 is 1. The summed E-state index contributed by atoms with van der Waals surface area (Å²) < 4.78 is 23.6. The minimum atomic E-state index is -0.934. The number of ether oxygens (including phenoxy) is 2. The van der Waals surface area contributed by atoms with Gasteiger partial charge >= 0.3 is 5.97 Å². The molecular weight excluding hydrogens is 313 g/mol. The van der Waals surface area contributed by atoms with Crippen LogP contribution in [0.25, 0.3) is 0 Å². The normalized spacial score (nSPS) is 21.7.